The lowest BCUT2D eigenvalue weighted by Crippen LogP contribution is -2.47. The van der Waals surface area contributed by atoms with E-state index in [1.807, 2.05) is 72.8 Å². The first-order valence-corrected chi connectivity index (χ1v) is 19.1. The van der Waals surface area contributed by atoms with Crippen molar-refractivity contribution in [2.45, 2.75) is 82.8 Å². The molecule has 4 aromatic carbocycles. The van der Waals surface area contributed by atoms with Crippen LogP contribution in [0.25, 0.3) is 11.1 Å². The third kappa shape index (κ3) is 10.0. The van der Waals surface area contributed by atoms with Gasteiger partial charge in [0.1, 0.15) is 6.04 Å². The van der Waals surface area contributed by atoms with Crippen molar-refractivity contribution in [2.24, 2.45) is 5.92 Å². The van der Waals surface area contributed by atoms with E-state index in [0.29, 0.717) is 12.5 Å². The normalized spacial score (nSPS) is 20.7. The van der Waals surface area contributed by atoms with Gasteiger partial charge in [-0.2, -0.15) is 0 Å². The molecule has 2 fully saturated rings. The van der Waals surface area contributed by atoms with E-state index in [4.69, 9.17) is 14.2 Å². The van der Waals surface area contributed by atoms with Crippen LogP contribution in [0.15, 0.2) is 116 Å². The molecule has 3 N–H and O–H groups in total. The molecule has 284 valence electrons. The maximum Gasteiger partial charge on any atom is 0.328 e. The molecule has 1 saturated carbocycles. The van der Waals surface area contributed by atoms with Crippen LogP contribution >= 0.6 is 0 Å². The van der Waals surface area contributed by atoms with Gasteiger partial charge in [-0.3, -0.25) is 4.90 Å². The maximum atomic E-state index is 12.9. The number of esters is 1. The fourth-order valence-electron chi connectivity index (χ4n) is 7.64. The summed E-state index contributed by atoms with van der Waals surface area (Å²) in [5.74, 6) is -0.401. The minimum absolute atomic E-state index is 0.00137. The number of aliphatic hydroxyl groups is 1. The van der Waals surface area contributed by atoms with Crippen LogP contribution in [0.3, 0.4) is 0 Å². The Morgan fingerprint density at radius 2 is 1.59 bits per heavy atom. The topological polar surface area (TPSA) is 109 Å². The van der Waals surface area contributed by atoms with Crippen LogP contribution in [0.5, 0.6) is 0 Å². The predicted molar refractivity (Wildman–Crippen MR) is 210 cm³/mol. The largest absolute Gasteiger partial charge is 0.467 e. The van der Waals surface area contributed by atoms with Gasteiger partial charge in [-0.05, 0) is 52.3 Å². The van der Waals surface area contributed by atoms with Gasteiger partial charge in [0.05, 0.1) is 25.9 Å². The Kier molecular flexibility index (Phi) is 13.7. The van der Waals surface area contributed by atoms with Crippen LogP contribution in [0, 0.1) is 5.92 Å². The third-order valence-corrected chi connectivity index (χ3v) is 10.7. The second-order valence-electron chi connectivity index (χ2n) is 14.4. The maximum absolute atomic E-state index is 12.9. The molecule has 0 unspecified atom stereocenters. The van der Waals surface area contributed by atoms with Crippen molar-refractivity contribution in [2.75, 3.05) is 20.2 Å². The van der Waals surface area contributed by atoms with Gasteiger partial charge in [0.15, 0.2) is 6.29 Å². The number of nitrogens with zero attached hydrogens (tertiary/aromatic N) is 1. The molecule has 6 rings (SSSR count). The van der Waals surface area contributed by atoms with E-state index >= 15 is 0 Å². The number of benzene rings is 4. The van der Waals surface area contributed by atoms with E-state index in [0.717, 1.165) is 52.0 Å². The Morgan fingerprint density at radius 1 is 0.889 bits per heavy atom. The molecule has 2 aliphatic rings. The van der Waals surface area contributed by atoms with Crippen LogP contribution in [-0.4, -0.2) is 60.4 Å². The molecule has 1 aliphatic heterocycles. The molecule has 0 spiro atoms. The van der Waals surface area contributed by atoms with Crippen molar-refractivity contribution in [3.05, 3.63) is 144 Å². The van der Waals surface area contributed by atoms with Crippen LogP contribution in [0.2, 0.25) is 0 Å². The van der Waals surface area contributed by atoms with Crippen molar-refractivity contribution in [1.82, 2.24) is 15.5 Å². The Labute approximate surface area is 319 Å². The first-order chi connectivity index (χ1) is 26.3. The second kappa shape index (κ2) is 19.0. The zero-order chi connectivity index (χ0) is 37.9. The standard InChI is InChI=1S/C45H53N3O6/c1-4-25-48(39-15-8-9-16-39)29-41-31(2)42(36-19-17-33(30-49)18-20-36)54-44(53-41)37-23-21-35(22-24-37)38-14-10-13-34(26-38)28-46-45(51)47-40(43(50)52-3)27-32-11-6-5-7-12-32/h4-7,10-14,17-24,26,31,39-42,44,49H,1,8-9,15-16,25,27-30H2,2-3H3,(H2,46,47,51)/t31-,40-,41+,42+,44+/m0/s1. The summed E-state index contributed by atoms with van der Waals surface area (Å²) in [7, 11) is 1.32. The Morgan fingerprint density at radius 3 is 2.28 bits per heavy atom. The smallest absolute Gasteiger partial charge is 0.328 e. The highest BCUT2D eigenvalue weighted by molar-refractivity contribution is 5.83. The molecule has 1 heterocycles. The van der Waals surface area contributed by atoms with Gasteiger partial charge >= 0.3 is 12.0 Å². The monoisotopic (exact) mass is 731 g/mol. The van der Waals surface area contributed by atoms with Gasteiger partial charge in [-0.15, -0.1) is 6.58 Å². The third-order valence-electron chi connectivity index (χ3n) is 10.7. The zero-order valence-electron chi connectivity index (χ0n) is 31.4. The number of amides is 2. The summed E-state index contributed by atoms with van der Waals surface area (Å²) in [6, 6.07) is 33.1. The van der Waals surface area contributed by atoms with Crippen molar-refractivity contribution in [3.8, 4) is 11.1 Å². The lowest BCUT2D eigenvalue weighted by atomic mass is 9.89. The minimum Gasteiger partial charge on any atom is -0.467 e. The number of ether oxygens (including phenoxy) is 3. The number of rotatable bonds is 15. The Hall–Kier alpha value is -4.80. The second-order valence-corrected chi connectivity index (χ2v) is 14.4. The average Bonchev–Trinajstić information content (AvgIpc) is 3.76. The number of hydrogen-bond acceptors (Lipinski definition) is 7. The van der Waals surface area contributed by atoms with E-state index in [1.54, 1.807) is 0 Å². The molecule has 5 atom stereocenters. The predicted octanol–water partition coefficient (Wildman–Crippen LogP) is 7.65. The lowest BCUT2D eigenvalue weighted by molar-refractivity contribution is -0.276. The summed E-state index contributed by atoms with van der Waals surface area (Å²) in [5, 5.41) is 15.3. The first kappa shape index (κ1) is 38.9. The van der Waals surface area contributed by atoms with E-state index in [9.17, 15) is 14.7 Å². The van der Waals surface area contributed by atoms with Gasteiger partial charge in [-0.1, -0.05) is 123 Å². The van der Waals surface area contributed by atoms with Crippen molar-refractivity contribution in [1.29, 1.82) is 0 Å². The fraction of sp³-hybridized carbons (Fsp3) is 0.378. The molecule has 0 bridgehead atoms. The van der Waals surface area contributed by atoms with Crippen LogP contribution in [0.1, 0.15) is 72.8 Å². The van der Waals surface area contributed by atoms with Gasteiger partial charge in [0.25, 0.3) is 0 Å². The number of aliphatic hydroxyl groups excluding tert-OH is 1. The summed E-state index contributed by atoms with van der Waals surface area (Å²) in [5.41, 5.74) is 6.75. The van der Waals surface area contributed by atoms with Crippen molar-refractivity contribution >= 4 is 12.0 Å². The van der Waals surface area contributed by atoms with E-state index in [-0.39, 0.29) is 31.3 Å². The quantitative estimate of drug-likeness (QED) is 0.0852. The SMILES string of the molecule is C=CCN(C[C@H]1O[C@@H](c2ccc(-c3cccc(CNC(=O)N[C@@H](Cc4ccccc4)C(=O)OC)c3)cc2)O[C@@H](c2ccc(CO)cc2)[C@H]1C)C1CCCC1. The first-order valence-electron chi connectivity index (χ1n) is 19.1. The highest BCUT2D eigenvalue weighted by atomic mass is 16.7. The Bertz CT molecular complexity index is 1810. The summed E-state index contributed by atoms with van der Waals surface area (Å²) in [6.07, 6.45) is 6.47. The zero-order valence-corrected chi connectivity index (χ0v) is 31.4. The molecule has 0 aromatic heterocycles. The number of hydrogen-bond donors (Lipinski definition) is 3. The molecule has 1 aliphatic carbocycles. The van der Waals surface area contributed by atoms with Crippen molar-refractivity contribution in [3.63, 3.8) is 0 Å². The molecular formula is C45H53N3O6. The molecule has 1 saturated heterocycles. The number of methoxy groups -OCH3 is 1. The van der Waals surface area contributed by atoms with Gasteiger partial charge in [-0.25, -0.2) is 9.59 Å². The van der Waals surface area contributed by atoms with Gasteiger partial charge < -0.3 is 30.0 Å². The van der Waals surface area contributed by atoms with Crippen LogP contribution < -0.4 is 10.6 Å². The summed E-state index contributed by atoms with van der Waals surface area (Å²) >= 11 is 0. The minimum atomic E-state index is -0.807. The van der Waals surface area contributed by atoms with E-state index in [2.05, 4.69) is 65.4 Å². The lowest BCUT2D eigenvalue weighted by Gasteiger charge is -2.43. The molecule has 9 nitrogen and oxygen atoms in total. The molecule has 0 radical (unpaired) electrons. The highest BCUT2D eigenvalue weighted by Crippen LogP contribution is 2.42. The van der Waals surface area contributed by atoms with Gasteiger partial charge in [0, 0.05) is 43.6 Å². The number of urea groups is 1. The molecule has 54 heavy (non-hydrogen) atoms. The van der Waals surface area contributed by atoms with E-state index < -0.39 is 24.3 Å². The average molecular weight is 732 g/mol. The highest BCUT2D eigenvalue weighted by Gasteiger charge is 2.40. The molecule has 2 amide bonds. The summed E-state index contributed by atoms with van der Waals surface area (Å²) < 4.78 is 18.5. The number of carbonyl (C=O) groups excluding carboxylic acids is 2. The Balaban J connectivity index is 1.14. The summed E-state index contributed by atoms with van der Waals surface area (Å²) in [6.45, 7) is 8.17. The summed E-state index contributed by atoms with van der Waals surface area (Å²) in [4.78, 5) is 27.8. The molecule has 4 aromatic rings. The number of carbonyl (C=O) groups is 2. The van der Waals surface area contributed by atoms with Crippen LogP contribution in [-0.2, 0) is 38.6 Å². The molecule has 9 heteroatoms. The van der Waals surface area contributed by atoms with E-state index in [1.165, 1.54) is 32.8 Å². The van der Waals surface area contributed by atoms with Crippen LogP contribution in [0.4, 0.5) is 4.79 Å². The molecular weight excluding hydrogens is 679 g/mol. The fourth-order valence-corrected chi connectivity index (χ4v) is 7.64. The number of nitrogens with one attached hydrogen (secondary N) is 2. The van der Waals surface area contributed by atoms with Crippen molar-refractivity contribution < 1.29 is 28.9 Å². The van der Waals surface area contributed by atoms with Gasteiger partial charge in [0.2, 0.25) is 0 Å².